The van der Waals surface area contributed by atoms with E-state index >= 15 is 0 Å². The van der Waals surface area contributed by atoms with E-state index in [1.807, 2.05) is 54.6 Å². The van der Waals surface area contributed by atoms with Gasteiger partial charge in [-0.05, 0) is 48.7 Å². The zero-order chi connectivity index (χ0) is 18.4. The molecule has 0 amide bonds. The molecule has 138 valence electrons. The van der Waals surface area contributed by atoms with Gasteiger partial charge in [0.2, 0.25) is 0 Å². The first-order valence-corrected chi connectivity index (χ1v) is 9.01. The summed E-state index contributed by atoms with van der Waals surface area (Å²) < 4.78 is 11.6. The Morgan fingerprint density at radius 2 is 1.69 bits per heavy atom. The number of para-hydroxylation sites is 1. The van der Waals surface area contributed by atoms with E-state index < -0.39 is 5.97 Å². The van der Waals surface area contributed by atoms with Crippen LogP contribution in [0.5, 0.6) is 17.2 Å². The molecule has 3 rings (SSSR count). The minimum Gasteiger partial charge on any atom is -0.492 e. The van der Waals surface area contributed by atoms with Crippen molar-refractivity contribution in [1.29, 1.82) is 0 Å². The first kappa shape index (κ1) is 18.3. The Morgan fingerprint density at radius 3 is 2.38 bits per heavy atom. The van der Waals surface area contributed by atoms with Crippen molar-refractivity contribution in [1.82, 2.24) is 4.90 Å². The fourth-order valence-electron chi connectivity index (χ4n) is 3.34. The number of carboxylic acid groups (broad SMARTS) is 1. The number of carbonyl (C=O) groups is 1. The van der Waals surface area contributed by atoms with Crippen molar-refractivity contribution in [3.63, 3.8) is 0 Å². The maximum absolute atomic E-state index is 11.2. The van der Waals surface area contributed by atoms with E-state index in [1.54, 1.807) is 0 Å². The average Bonchev–Trinajstić information content (AvgIpc) is 2.63. The maximum Gasteiger partial charge on any atom is 0.307 e. The van der Waals surface area contributed by atoms with Gasteiger partial charge in [0.25, 0.3) is 0 Å². The second kappa shape index (κ2) is 8.72. The van der Waals surface area contributed by atoms with Crippen LogP contribution in [-0.2, 0) is 4.79 Å². The molecule has 1 aliphatic heterocycles. The van der Waals surface area contributed by atoms with E-state index in [1.165, 1.54) is 0 Å². The van der Waals surface area contributed by atoms with Crippen molar-refractivity contribution < 1.29 is 19.4 Å². The summed E-state index contributed by atoms with van der Waals surface area (Å²) in [5.41, 5.74) is 0. The smallest absolute Gasteiger partial charge is 0.307 e. The Kier molecular flexibility index (Phi) is 6.12. The normalized spacial score (nSPS) is 20.5. The highest BCUT2D eigenvalue weighted by Crippen LogP contribution is 2.24. The van der Waals surface area contributed by atoms with E-state index in [0.29, 0.717) is 19.1 Å². The van der Waals surface area contributed by atoms with Gasteiger partial charge in [-0.3, -0.25) is 9.69 Å². The van der Waals surface area contributed by atoms with Crippen LogP contribution in [0.3, 0.4) is 0 Å². The summed E-state index contributed by atoms with van der Waals surface area (Å²) in [6.45, 7) is 4.91. The van der Waals surface area contributed by atoms with Crippen LogP contribution in [0.1, 0.15) is 13.3 Å². The molecule has 0 bridgehead atoms. The first-order chi connectivity index (χ1) is 12.6. The molecule has 2 atom stereocenters. The van der Waals surface area contributed by atoms with Crippen molar-refractivity contribution >= 4 is 5.97 Å². The minimum atomic E-state index is -0.698. The Hall–Kier alpha value is -2.53. The third-order valence-corrected chi connectivity index (χ3v) is 4.56. The average molecular weight is 355 g/mol. The van der Waals surface area contributed by atoms with Gasteiger partial charge in [-0.25, -0.2) is 0 Å². The lowest BCUT2D eigenvalue weighted by molar-refractivity contribution is -0.144. The zero-order valence-electron chi connectivity index (χ0n) is 15.0. The molecule has 1 saturated heterocycles. The number of hydrogen-bond donors (Lipinski definition) is 1. The third kappa shape index (κ3) is 5.23. The summed E-state index contributed by atoms with van der Waals surface area (Å²) in [5.74, 6) is 1.78. The molecule has 1 fully saturated rings. The highest BCUT2D eigenvalue weighted by Gasteiger charge is 2.29. The van der Waals surface area contributed by atoms with Crippen molar-refractivity contribution in [2.24, 2.45) is 11.8 Å². The Morgan fingerprint density at radius 1 is 1.04 bits per heavy atom. The van der Waals surface area contributed by atoms with Crippen LogP contribution in [0.2, 0.25) is 0 Å². The predicted octanol–water partition coefficient (Wildman–Crippen LogP) is 3.90. The first-order valence-electron chi connectivity index (χ1n) is 9.01. The Bertz CT molecular complexity index is 702. The SMILES string of the molecule is CC1CC(C(=O)O)CN(CCOc2ccc(Oc3ccccc3)cc2)C1. The van der Waals surface area contributed by atoms with E-state index in [-0.39, 0.29) is 5.92 Å². The van der Waals surface area contributed by atoms with Crippen LogP contribution >= 0.6 is 0 Å². The molecule has 0 aromatic heterocycles. The van der Waals surface area contributed by atoms with E-state index in [0.717, 1.165) is 36.8 Å². The number of nitrogens with zero attached hydrogens (tertiary/aromatic N) is 1. The topological polar surface area (TPSA) is 59.0 Å². The molecule has 5 heteroatoms. The molecule has 26 heavy (non-hydrogen) atoms. The molecular formula is C21H25NO4. The number of likely N-dealkylation sites (tertiary alicyclic amines) is 1. The van der Waals surface area contributed by atoms with Crippen LogP contribution in [0, 0.1) is 11.8 Å². The second-order valence-corrected chi connectivity index (χ2v) is 6.87. The van der Waals surface area contributed by atoms with Gasteiger partial charge >= 0.3 is 5.97 Å². The molecule has 0 radical (unpaired) electrons. The predicted molar refractivity (Wildman–Crippen MR) is 99.8 cm³/mol. The van der Waals surface area contributed by atoms with Crippen LogP contribution in [0.15, 0.2) is 54.6 Å². The summed E-state index contributed by atoms with van der Waals surface area (Å²) in [6, 6.07) is 17.2. The molecule has 1 N–H and O–H groups in total. The molecule has 2 aromatic rings. The van der Waals surface area contributed by atoms with E-state index in [9.17, 15) is 9.90 Å². The van der Waals surface area contributed by atoms with Crippen molar-refractivity contribution in [2.75, 3.05) is 26.2 Å². The summed E-state index contributed by atoms with van der Waals surface area (Å²) in [5, 5.41) is 9.24. The number of ether oxygens (including phenoxy) is 2. The summed E-state index contributed by atoms with van der Waals surface area (Å²) in [7, 11) is 0. The van der Waals surface area contributed by atoms with Crippen LogP contribution in [0.4, 0.5) is 0 Å². The van der Waals surface area contributed by atoms with Gasteiger partial charge in [0, 0.05) is 19.6 Å². The minimum absolute atomic E-state index is 0.270. The van der Waals surface area contributed by atoms with Crippen LogP contribution < -0.4 is 9.47 Å². The van der Waals surface area contributed by atoms with Gasteiger partial charge in [0.1, 0.15) is 23.9 Å². The van der Waals surface area contributed by atoms with Gasteiger partial charge in [-0.2, -0.15) is 0 Å². The van der Waals surface area contributed by atoms with Gasteiger partial charge < -0.3 is 14.6 Å². The molecule has 0 aliphatic carbocycles. The van der Waals surface area contributed by atoms with Crippen molar-refractivity contribution in [3.05, 3.63) is 54.6 Å². The number of rotatable bonds is 7. The molecule has 1 heterocycles. The van der Waals surface area contributed by atoms with Gasteiger partial charge in [-0.15, -0.1) is 0 Å². The van der Waals surface area contributed by atoms with Gasteiger partial charge in [0.15, 0.2) is 0 Å². The molecule has 0 saturated carbocycles. The monoisotopic (exact) mass is 355 g/mol. The quantitative estimate of drug-likeness (QED) is 0.816. The Labute approximate surface area is 154 Å². The number of aliphatic carboxylic acids is 1. The molecule has 1 aliphatic rings. The number of benzene rings is 2. The molecule has 5 nitrogen and oxygen atoms in total. The largest absolute Gasteiger partial charge is 0.492 e. The summed E-state index contributed by atoms with van der Waals surface area (Å²) >= 11 is 0. The highest BCUT2D eigenvalue weighted by molar-refractivity contribution is 5.70. The lowest BCUT2D eigenvalue weighted by atomic mass is 9.90. The second-order valence-electron chi connectivity index (χ2n) is 6.87. The number of piperidine rings is 1. The summed E-state index contributed by atoms with van der Waals surface area (Å²) in [6.07, 6.45) is 0.759. The van der Waals surface area contributed by atoms with Gasteiger partial charge in [-0.1, -0.05) is 25.1 Å². The van der Waals surface area contributed by atoms with E-state index in [4.69, 9.17) is 9.47 Å². The van der Waals surface area contributed by atoms with Crippen molar-refractivity contribution in [3.8, 4) is 17.2 Å². The number of hydrogen-bond acceptors (Lipinski definition) is 4. The van der Waals surface area contributed by atoms with E-state index in [2.05, 4.69) is 11.8 Å². The van der Waals surface area contributed by atoms with Crippen molar-refractivity contribution in [2.45, 2.75) is 13.3 Å². The Balaban J connectivity index is 1.45. The summed E-state index contributed by atoms with van der Waals surface area (Å²) in [4.78, 5) is 13.4. The van der Waals surface area contributed by atoms with Gasteiger partial charge in [0.05, 0.1) is 5.92 Å². The third-order valence-electron chi connectivity index (χ3n) is 4.56. The zero-order valence-corrected chi connectivity index (χ0v) is 15.0. The fraction of sp³-hybridized carbons (Fsp3) is 0.381. The lowest BCUT2D eigenvalue weighted by Crippen LogP contribution is -2.44. The lowest BCUT2D eigenvalue weighted by Gasteiger charge is -2.34. The van der Waals surface area contributed by atoms with Crippen LogP contribution in [-0.4, -0.2) is 42.2 Å². The molecule has 2 unspecified atom stereocenters. The molecule has 2 aromatic carbocycles. The number of carboxylic acids is 1. The van der Waals surface area contributed by atoms with Crippen LogP contribution in [0.25, 0.3) is 0 Å². The maximum atomic E-state index is 11.2. The fourth-order valence-corrected chi connectivity index (χ4v) is 3.34. The molecule has 0 spiro atoms. The highest BCUT2D eigenvalue weighted by atomic mass is 16.5. The standard InChI is InChI=1S/C21H25NO4/c1-16-13-17(21(23)24)15-22(14-16)11-12-25-18-7-9-20(10-8-18)26-19-5-3-2-4-6-19/h2-10,16-17H,11-15H2,1H3,(H,23,24). The molecular weight excluding hydrogens is 330 g/mol.